The molecule has 0 saturated carbocycles. The summed E-state index contributed by atoms with van der Waals surface area (Å²) in [5, 5.41) is 2.46. The number of hydrogen-bond donors (Lipinski definition) is 1. The Bertz CT molecular complexity index is 1530. The molecule has 0 bridgehead atoms. The first-order valence-electron chi connectivity index (χ1n) is 11.2. The van der Waals surface area contributed by atoms with E-state index >= 15 is 0 Å². The highest BCUT2D eigenvalue weighted by Crippen LogP contribution is 2.31. The van der Waals surface area contributed by atoms with Crippen molar-refractivity contribution in [2.45, 2.75) is 19.4 Å². The number of nitrogens with one attached hydrogen (secondary N) is 1. The molecular formula is C27H20FN3O5. The van der Waals surface area contributed by atoms with Crippen LogP contribution in [0.3, 0.4) is 0 Å². The van der Waals surface area contributed by atoms with Gasteiger partial charge in [-0.25, -0.2) is 19.2 Å². The van der Waals surface area contributed by atoms with E-state index in [1.807, 2.05) is 0 Å². The second-order valence-electron chi connectivity index (χ2n) is 7.85. The smallest absolute Gasteiger partial charge is 0.338 e. The highest BCUT2D eigenvalue weighted by Gasteiger charge is 2.24. The quantitative estimate of drug-likeness (QED) is 0.288. The van der Waals surface area contributed by atoms with Crippen molar-refractivity contribution < 1.29 is 27.6 Å². The molecule has 0 fully saturated rings. The highest BCUT2D eigenvalue weighted by molar-refractivity contribution is 5.99. The summed E-state index contributed by atoms with van der Waals surface area (Å²) in [5.41, 5.74) is 2.09. The van der Waals surface area contributed by atoms with Crippen LogP contribution in [0.15, 0.2) is 88.1 Å². The van der Waals surface area contributed by atoms with Crippen LogP contribution in [-0.2, 0) is 9.53 Å². The molecule has 180 valence electrons. The molecule has 9 heteroatoms. The molecule has 3 aromatic heterocycles. The fraction of sp³-hybridized carbons (Fsp3) is 0.111. The van der Waals surface area contributed by atoms with Crippen LogP contribution < -0.4 is 5.32 Å². The number of benzene rings is 2. The lowest BCUT2D eigenvalue weighted by atomic mass is 10.1. The fourth-order valence-corrected chi connectivity index (χ4v) is 3.65. The monoisotopic (exact) mass is 485 g/mol. The third kappa shape index (κ3) is 4.58. The van der Waals surface area contributed by atoms with E-state index in [0.717, 1.165) is 0 Å². The van der Waals surface area contributed by atoms with Gasteiger partial charge in [0, 0.05) is 0 Å². The predicted molar refractivity (Wildman–Crippen MR) is 129 cm³/mol. The summed E-state index contributed by atoms with van der Waals surface area (Å²) in [5.74, 6) is -0.921. The Balaban J connectivity index is 1.42. The number of furan rings is 2. The number of rotatable bonds is 7. The minimum atomic E-state index is -1.11. The van der Waals surface area contributed by atoms with Gasteiger partial charge in [-0.2, -0.15) is 0 Å². The molecule has 5 aromatic rings. The zero-order chi connectivity index (χ0) is 25.1. The number of esters is 1. The fourth-order valence-electron chi connectivity index (χ4n) is 3.65. The molecule has 36 heavy (non-hydrogen) atoms. The van der Waals surface area contributed by atoms with Crippen LogP contribution in [0.1, 0.15) is 23.7 Å². The van der Waals surface area contributed by atoms with Crippen LogP contribution >= 0.6 is 0 Å². The van der Waals surface area contributed by atoms with E-state index in [1.165, 1.54) is 30.5 Å². The van der Waals surface area contributed by atoms with Crippen LogP contribution in [-0.4, -0.2) is 27.9 Å². The Kier molecular flexibility index (Phi) is 6.27. The molecule has 0 saturated heterocycles. The predicted octanol–water partition coefficient (Wildman–Crippen LogP) is 5.86. The third-order valence-electron chi connectivity index (χ3n) is 5.45. The van der Waals surface area contributed by atoms with Gasteiger partial charge in [0.25, 0.3) is 5.91 Å². The molecule has 1 unspecified atom stereocenters. The number of ether oxygens (including phenoxy) is 1. The molecule has 3 heterocycles. The molecular weight excluding hydrogens is 465 g/mol. The Morgan fingerprint density at radius 1 is 0.917 bits per heavy atom. The van der Waals surface area contributed by atoms with Crippen molar-refractivity contribution in [3.8, 4) is 22.9 Å². The van der Waals surface area contributed by atoms with E-state index in [-0.39, 0.29) is 17.7 Å². The van der Waals surface area contributed by atoms with Crippen LogP contribution in [0.2, 0.25) is 0 Å². The highest BCUT2D eigenvalue weighted by atomic mass is 19.1. The van der Waals surface area contributed by atoms with Crippen molar-refractivity contribution in [2.75, 3.05) is 5.32 Å². The largest absolute Gasteiger partial charge is 0.463 e. The maximum absolute atomic E-state index is 13.9. The molecule has 1 N–H and O–H groups in total. The molecule has 5 rings (SSSR count). The van der Waals surface area contributed by atoms with E-state index in [0.29, 0.717) is 33.9 Å². The van der Waals surface area contributed by atoms with E-state index in [9.17, 15) is 14.0 Å². The van der Waals surface area contributed by atoms with Gasteiger partial charge in [0.1, 0.15) is 17.2 Å². The third-order valence-corrected chi connectivity index (χ3v) is 5.45. The minimum Gasteiger partial charge on any atom is -0.463 e. The maximum Gasteiger partial charge on any atom is 0.338 e. The van der Waals surface area contributed by atoms with E-state index in [1.54, 1.807) is 55.7 Å². The summed E-state index contributed by atoms with van der Waals surface area (Å²) in [6, 6.07) is 17.5. The lowest BCUT2D eigenvalue weighted by Gasteiger charge is -2.16. The first-order chi connectivity index (χ1) is 17.5. The second kappa shape index (κ2) is 9.83. The van der Waals surface area contributed by atoms with E-state index in [2.05, 4.69) is 15.3 Å². The number of aromatic nitrogens is 2. The molecule has 0 aliphatic rings. The lowest BCUT2D eigenvalue weighted by molar-refractivity contribution is -0.124. The number of para-hydroxylation sites is 1. The minimum absolute atomic E-state index is 0.01000. The molecule has 1 atom stereocenters. The van der Waals surface area contributed by atoms with E-state index in [4.69, 9.17) is 13.6 Å². The first kappa shape index (κ1) is 23.0. The van der Waals surface area contributed by atoms with Gasteiger partial charge in [0.2, 0.25) is 0 Å². The van der Waals surface area contributed by atoms with Crippen LogP contribution in [0.25, 0.3) is 33.9 Å². The standard InChI is InChI=1S/C27H20FN3O5/c1-2-21(26(32)31-18-8-4-3-7-17(18)28)36-27(33)16-11-12-19-20(15-16)30-25(23-10-6-14-35-23)24(29-19)22-9-5-13-34-22/h3-15,21H,2H2,1H3,(H,31,32). The van der Waals surface area contributed by atoms with Gasteiger partial charge in [-0.15, -0.1) is 0 Å². The van der Waals surface area contributed by atoms with Crippen molar-refractivity contribution in [3.05, 3.63) is 90.6 Å². The number of halogens is 1. The topological polar surface area (TPSA) is 107 Å². The van der Waals surface area contributed by atoms with Crippen molar-refractivity contribution in [1.82, 2.24) is 9.97 Å². The number of fused-ring (bicyclic) bond motifs is 1. The Hall–Kier alpha value is -4.79. The summed E-state index contributed by atoms with van der Waals surface area (Å²) < 4.78 is 30.4. The van der Waals surface area contributed by atoms with E-state index < -0.39 is 23.8 Å². The Labute approximate surface area is 204 Å². The van der Waals surface area contributed by atoms with Crippen molar-refractivity contribution >= 4 is 28.6 Å². The molecule has 0 aliphatic heterocycles. The molecule has 0 aliphatic carbocycles. The van der Waals surface area contributed by atoms with Gasteiger partial charge < -0.3 is 18.9 Å². The van der Waals surface area contributed by atoms with Crippen LogP contribution in [0, 0.1) is 5.82 Å². The maximum atomic E-state index is 13.9. The molecule has 1 amide bonds. The summed E-state index contributed by atoms with van der Waals surface area (Å²) in [6.07, 6.45) is 2.16. The number of carbonyl (C=O) groups is 2. The summed E-state index contributed by atoms with van der Waals surface area (Å²) in [4.78, 5) is 34.8. The molecule has 0 radical (unpaired) electrons. The molecule has 8 nitrogen and oxygen atoms in total. The van der Waals surface area contributed by atoms with Crippen molar-refractivity contribution in [1.29, 1.82) is 0 Å². The average molecular weight is 485 g/mol. The van der Waals surface area contributed by atoms with Crippen LogP contribution in [0.4, 0.5) is 10.1 Å². The number of hydrogen-bond acceptors (Lipinski definition) is 7. The number of anilines is 1. The average Bonchev–Trinajstić information content (AvgIpc) is 3.62. The second-order valence-corrected chi connectivity index (χ2v) is 7.85. The zero-order valence-electron chi connectivity index (χ0n) is 19.1. The Morgan fingerprint density at radius 2 is 1.58 bits per heavy atom. The number of carbonyl (C=O) groups excluding carboxylic acids is 2. The molecule has 0 spiro atoms. The van der Waals surface area contributed by atoms with Gasteiger partial charge in [0.05, 0.1) is 34.8 Å². The molecule has 2 aromatic carbocycles. The normalized spacial score (nSPS) is 11.8. The first-order valence-corrected chi connectivity index (χ1v) is 11.2. The van der Waals surface area contributed by atoms with Gasteiger partial charge in [0.15, 0.2) is 17.6 Å². The number of amides is 1. The summed E-state index contributed by atoms with van der Waals surface area (Å²) >= 11 is 0. The zero-order valence-corrected chi connectivity index (χ0v) is 19.1. The lowest BCUT2D eigenvalue weighted by Crippen LogP contribution is -2.32. The van der Waals surface area contributed by atoms with Gasteiger partial charge in [-0.05, 0) is 61.0 Å². The number of nitrogens with zero attached hydrogens (tertiary/aromatic N) is 2. The SMILES string of the molecule is CCC(OC(=O)c1ccc2nc(-c3ccco3)c(-c3ccco3)nc2c1)C(=O)Nc1ccccc1F. The summed E-state index contributed by atoms with van der Waals surface area (Å²) in [7, 11) is 0. The van der Waals surface area contributed by atoms with Crippen molar-refractivity contribution in [3.63, 3.8) is 0 Å². The van der Waals surface area contributed by atoms with Gasteiger partial charge in [-0.1, -0.05) is 19.1 Å². The van der Waals surface area contributed by atoms with Gasteiger partial charge in [-0.3, -0.25) is 4.79 Å². The Morgan fingerprint density at radius 3 is 2.19 bits per heavy atom. The van der Waals surface area contributed by atoms with Crippen molar-refractivity contribution in [2.24, 2.45) is 0 Å². The van der Waals surface area contributed by atoms with Gasteiger partial charge >= 0.3 is 5.97 Å². The summed E-state index contributed by atoms with van der Waals surface area (Å²) in [6.45, 7) is 1.69. The van der Waals surface area contributed by atoms with Crippen LogP contribution in [0.5, 0.6) is 0 Å².